The second-order valence-corrected chi connectivity index (χ2v) is 7.18. The first-order chi connectivity index (χ1) is 9.47. The lowest BCUT2D eigenvalue weighted by Crippen LogP contribution is -2.47. The van der Waals surface area contributed by atoms with Crippen LogP contribution in [0.2, 0.25) is 0 Å². The van der Waals surface area contributed by atoms with E-state index in [9.17, 15) is 9.90 Å². The molecule has 2 rings (SSSR count). The van der Waals surface area contributed by atoms with Crippen LogP contribution in [-0.2, 0) is 11.3 Å². The van der Waals surface area contributed by atoms with Crippen LogP contribution in [0.25, 0.3) is 0 Å². The molecule has 1 saturated heterocycles. The van der Waals surface area contributed by atoms with Gasteiger partial charge in [0.25, 0.3) is 0 Å². The predicted octanol–water partition coefficient (Wildman–Crippen LogP) is 3.23. The van der Waals surface area contributed by atoms with E-state index < -0.39 is 11.4 Å². The summed E-state index contributed by atoms with van der Waals surface area (Å²) in [7, 11) is 0. The fourth-order valence-electron chi connectivity index (χ4n) is 3.25. The molecule has 0 saturated carbocycles. The van der Waals surface area contributed by atoms with Crippen molar-refractivity contribution in [2.75, 3.05) is 13.1 Å². The molecule has 0 amide bonds. The van der Waals surface area contributed by atoms with E-state index in [1.807, 2.05) is 13.8 Å². The van der Waals surface area contributed by atoms with Gasteiger partial charge in [0.15, 0.2) is 0 Å². The van der Waals surface area contributed by atoms with Gasteiger partial charge in [0, 0.05) is 18.0 Å². The Kier molecular flexibility index (Phi) is 4.81. The Morgan fingerprint density at radius 1 is 1.50 bits per heavy atom. The van der Waals surface area contributed by atoms with Gasteiger partial charge in [-0.25, -0.2) is 4.98 Å². The molecule has 0 spiro atoms. The molecule has 2 heterocycles. The zero-order chi connectivity index (χ0) is 14.8. The van der Waals surface area contributed by atoms with Crippen molar-refractivity contribution in [1.82, 2.24) is 9.88 Å². The Bertz CT molecular complexity index is 482. The number of nitrogens with zero attached hydrogens (tertiary/aromatic N) is 2. The summed E-state index contributed by atoms with van der Waals surface area (Å²) in [5.74, 6) is -0.624. The zero-order valence-electron chi connectivity index (χ0n) is 12.6. The second kappa shape index (κ2) is 6.22. The van der Waals surface area contributed by atoms with Gasteiger partial charge in [-0.1, -0.05) is 13.3 Å². The molecule has 0 bridgehead atoms. The Hall–Kier alpha value is -0.940. The van der Waals surface area contributed by atoms with Crippen LogP contribution in [-0.4, -0.2) is 34.0 Å². The fourth-order valence-corrected chi connectivity index (χ4v) is 4.23. The highest BCUT2D eigenvalue weighted by atomic mass is 32.1. The summed E-state index contributed by atoms with van der Waals surface area (Å²) >= 11 is 1.73. The molecule has 5 heteroatoms. The van der Waals surface area contributed by atoms with Gasteiger partial charge in [-0.2, -0.15) is 0 Å². The lowest BCUT2D eigenvalue weighted by Gasteiger charge is -2.39. The van der Waals surface area contributed by atoms with Gasteiger partial charge in [-0.3, -0.25) is 9.69 Å². The first kappa shape index (κ1) is 15.4. The maximum atomic E-state index is 11.7. The summed E-state index contributed by atoms with van der Waals surface area (Å²) in [6.07, 6.45) is 3.49. The fraction of sp³-hybridized carbons (Fsp3) is 0.733. The lowest BCUT2D eigenvalue weighted by molar-refractivity contribution is -0.153. The number of carboxylic acids is 1. The molecule has 1 aromatic heterocycles. The number of aromatic nitrogens is 1. The average Bonchev–Trinajstić information content (AvgIpc) is 2.68. The molecule has 1 aliphatic heterocycles. The van der Waals surface area contributed by atoms with Crippen LogP contribution in [0.15, 0.2) is 0 Å². The molecule has 1 aliphatic rings. The minimum Gasteiger partial charge on any atom is -0.481 e. The number of carboxylic acid groups (broad SMARTS) is 1. The molecule has 112 valence electrons. The van der Waals surface area contributed by atoms with E-state index in [0.717, 1.165) is 49.5 Å². The first-order valence-electron chi connectivity index (χ1n) is 7.35. The number of likely N-dealkylation sites (tertiary alicyclic amines) is 1. The van der Waals surface area contributed by atoms with Gasteiger partial charge in [-0.15, -0.1) is 11.3 Å². The number of thiazole rings is 1. The maximum absolute atomic E-state index is 11.7. The summed E-state index contributed by atoms with van der Waals surface area (Å²) in [4.78, 5) is 19.7. The molecule has 1 fully saturated rings. The number of carbonyl (C=O) groups is 1. The van der Waals surface area contributed by atoms with E-state index in [2.05, 4.69) is 16.8 Å². The molecule has 1 unspecified atom stereocenters. The number of aryl methyl sites for hydroxylation is 2. The predicted molar refractivity (Wildman–Crippen MR) is 81.1 cm³/mol. The molecular formula is C15H24N2O2S. The lowest BCUT2D eigenvalue weighted by atomic mass is 9.76. The van der Waals surface area contributed by atoms with Crippen LogP contribution in [0, 0.1) is 19.3 Å². The van der Waals surface area contributed by atoms with Crippen LogP contribution < -0.4 is 0 Å². The highest BCUT2D eigenvalue weighted by Gasteiger charge is 2.41. The summed E-state index contributed by atoms with van der Waals surface area (Å²) < 4.78 is 0. The molecule has 0 aromatic carbocycles. The van der Waals surface area contributed by atoms with Crippen molar-refractivity contribution in [2.45, 2.75) is 53.0 Å². The molecule has 0 aliphatic carbocycles. The Morgan fingerprint density at radius 3 is 2.80 bits per heavy atom. The van der Waals surface area contributed by atoms with Crippen molar-refractivity contribution in [2.24, 2.45) is 5.41 Å². The minimum atomic E-state index is -0.624. The van der Waals surface area contributed by atoms with Crippen LogP contribution in [0.5, 0.6) is 0 Å². The van der Waals surface area contributed by atoms with E-state index in [0.29, 0.717) is 6.54 Å². The Labute approximate surface area is 124 Å². The normalized spacial score (nSPS) is 23.9. The van der Waals surface area contributed by atoms with Gasteiger partial charge in [0.05, 0.1) is 16.1 Å². The molecular weight excluding hydrogens is 272 g/mol. The Morgan fingerprint density at radius 2 is 2.25 bits per heavy atom. The van der Waals surface area contributed by atoms with Gasteiger partial charge in [0.2, 0.25) is 0 Å². The van der Waals surface area contributed by atoms with E-state index in [4.69, 9.17) is 0 Å². The number of rotatable bonds is 5. The van der Waals surface area contributed by atoms with E-state index in [1.165, 1.54) is 4.88 Å². The smallest absolute Gasteiger partial charge is 0.310 e. The van der Waals surface area contributed by atoms with Crippen LogP contribution in [0.1, 0.15) is 48.2 Å². The van der Waals surface area contributed by atoms with Crippen molar-refractivity contribution in [3.8, 4) is 0 Å². The third kappa shape index (κ3) is 3.20. The highest BCUT2D eigenvalue weighted by molar-refractivity contribution is 7.11. The minimum absolute atomic E-state index is 0.541. The number of hydrogen-bond donors (Lipinski definition) is 1. The first-order valence-corrected chi connectivity index (χ1v) is 8.17. The second-order valence-electron chi connectivity index (χ2n) is 5.89. The van der Waals surface area contributed by atoms with Crippen molar-refractivity contribution in [3.05, 3.63) is 15.6 Å². The summed E-state index contributed by atoms with van der Waals surface area (Å²) in [5.41, 5.74) is 0.551. The average molecular weight is 296 g/mol. The quantitative estimate of drug-likeness (QED) is 0.906. The van der Waals surface area contributed by atoms with Gasteiger partial charge in [-0.05, 0) is 39.7 Å². The van der Waals surface area contributed by atoms with Crippen molar-refractivity contribution in [3.63, 3.8) is 0 Å². The topological polar surface area (TPSA) is 53.4 Å². The van der Waals surface area contributed by atoms with Gasteiger partial charge >= 0.3 is 5.97 Å². The van der Waals surface area contributed by atoms with Crippen LogP contribution in [0.4, 0.5) is 0 Å². The summed E-state index contributed by atoms with van der Waals surface area (Å²) in [5, 5.41) is 10.7. The van der Waals surface area contributed by atoms with Crippen molar-refractivity contribution >= 4 is 17.3 Å². The number of hydrogen-bond acceptors (Lipinski definition) is 4. The summed E-state index contributed by atoms with van der Waals surface area (Å²) in [6, 6.07) is 0. The largest absolute Gasteiger partial charge is 0.481 e. The van der Waals surface area contributed by atoms with E-state index in [-0.39, 0.29) is 0 Å². The molecule has 20 heavy (non-hydrogen) atoms. The molecule has 0 radical (unpaired) electrons. The van der Waals surface area contributed by atoms with E-state index in [1.54, 1.807) is 11.3 Å². The Balaban J connectivity index is 2.10. The standard InChI is InChI=1S/C15H24N2O2S/c1-4-6-15(14(18)19)7-5-8-17(10-15)9-13-11(2)16-12(3)20-13/h4-10H2,1-3H3,(H,18,19). The zero-order valence-corrected chi connectivity index (χ0v) is 13.4. The highest BCUT2D eigenvalue weighted by Crippen LogP contribution is 2.36. The monoisotopic (exact) mass is 296 g/mol. The number of aliphatic carboxylic acids is 1. The van der Waals surface area contributed by atoms with Crippen LogP contribution >= 0.6 is 11.3 Å². The molecule has 1 atom stereocenters. The van der Waals surface area contributed by atoms with Crippen LogP contribution in [0.3, 0.4) is 0 Å². The SMILES string of the molecule is CCCC1(C(=O)O)CCCN(Cc2sc(C)nc2C)C1. The van der Waals surface area contributed by atoms with Gasteiger partial charge in [0.1, 0.15) is 0 Å². The van der Waals surface area contributed by atoms with Crippen molar-refractivity contribution in [1.29, 1.82) is 0 Å². The number of piperidine rings is 1. The van der Waals surface area contributed by atoms with Gasteiger partial charge < -0.3 is 5.11 Å². The molecule has 1 aromatic rings. The van der Waals surface area contributed by atoms with E-state index >= 15 is 0 Å². The third-order valence-corrected chi connectivity index (χ3v) is 5.26. The molecule has 4 nitrogen and oxygen atoms in total. The molecule has 1 N–H and O–H groups in total. The summed E-state index contributed by atoms with van der Waals surface area (Å²) in [6.45, 7) is 8.65. The van der Waals surface area contributed by atoms with Crippen molar-refractivity contribution < 1.29 is 9.90 Å². The maximum Gasteiger partial charge on any atom is 0.310 e. The third-order valence-electron chi connectivity index (χ3n) is 4.20.